The van der Waals surface area contributed by atoms with E-state index < -0.39 is 0 Å². The maximum absolute atomic E-state index is 3.51. The van der Waals surface area contributed by atoms with E-state index in [2.05, 4.69) is 76.4 Å². The Morgan fingerprint density at radius 3 is 2.90 bits per heavy atom. The molecule has 1 N–H and O–H groups in total. The number of H-pyrrole nitrogens is 1. The minimum absolute atomic E-state index is 1.08. The van der Waals surface area contributed by atoms with Gasteiger partial charge in [0.15, 0.2) is 0 Å². The Bertz CT molecular complexity index is 1020. The molecule has 0 fully saturated rings. The second kappa shape index (κ2) is 3.78. The summed E-state index contributed by atoms with van der Waals surface area (Å²) in [7, 11) is 0. The Hall–Kier alpha value is -2.96. The van der Waals surface area contributed by atoms with Crippen molar-refractivity contribution in [2.75, 3.05) is 4.90 Å². The first-order valence-corrected chi connectivity index (χ1v) is 7.05. The van der Waals surface area contributed by atoms with Crippen molar-refractivity contribution in [3.63, 3.8) is 0 Å². The fraction of sp³-hybridized carbons (Fsp3) is 0. The van der Waals surface area contributed by atoms with Crippen LogP contribution in [0, 0.1) is 0 Å². The van der Waals surface area contributed by atoms with Gasteiger partial charge in [0.05, 0.1) is 11.4 Å². The van der Waals surface area contributed by atoms with Crippen molar-refractivity contribution in [1.29, 1.82) is 0 Å². The molecule has 2 aromatic carbocycles. The van der Waals surface area contributed by atoms with E-state index in [9.17, 15) is 0 Å². The SMILES string of the molecule is C1=Cc2cc3c(cc2N2C=CC=CC=12)[nH]c1ccccc13. The first-order valence-electron chi connectivity index (χ1n) is 7.05. The zero-order chi connectivity index (χ0) is 13.8. The predicted molar refractivity (Wildman–Crippen MR) is 88.1 cm³/mol. The van der Waals surface area contributed by atoms with Crippen molar-refractivity contribution in [3.8, 4) is 0 Å². The van der Waals surface area contributed by atoms with Crippen LogP contribution < -0.4 is 4.90 Å². The summed E-state index contributed by atoms with van der Waals surface area (Å²) in [6, 6.07) is 12.9. The smallest absolute Gasteiger partial charge is 0.0885 e. The highest BCUT2D eigenvalue weighted by Crippen LogP contribution is 2.36. The van der Waals surface area contributed by atoms with Crippen LogP contribution in [0.15, 0.2) is 72.3 Å². The highest BCUT2D eigenvalue weighted by Gasteiger charge is 2.17. The summed E-state index contributed by atoms with van der Waals surface area (Å²) in [6.45, 7) is 0. The average Bonchev–Trinajstić information content (AvgIpc) is 2.90. The maximum Gasteiger partial charge on any atom is 0.0885 e. The minimum atomic E-state index is 1.08. The Labute approximate surface area is 122 Å². The van der Waals surface area contributed by atoms with Gasteiger partial charge in [-0.15, -0.1) is 0 Å². The van der Waals surface area contributed by atoms with E-state index in [0.717, 1.165) is 5.70 Å². The van der Waals surface area contributed by atoms with Crippen molar-refractivity contribution >= 4 is 33.6 Å². The van der Waals surface area contributed by atoms with Crippen molar-refractivity contribution in [2.45, 2.75) is 0 Å². The first kappa shape index (κ1) is 10.8. The van der Waals surface area contributed by atoms with Gasteiger partial charge in [-0.2, -0.15) is 0 Å². The first-order chi connectivity index (χ1) is 10.4. The lowest BCUT2D eigenvalue weighted by molar-refractivity contribution is 1.18. The van der Waals surface area contributed by atoms with Crippen LogP contribution in [0.1, 0.15) is 5.56 Å². The second-order valence-electron chi connectivity index (χ2n) is 5.37. The highest BCUT2D eigenvalue weighted by atomic mass is 15.1. The number of allylic oxidation sites excluding steroid dienone is 3. The standard InChI is InChI=1S/C19H12N2/c1-2-7-17-15(6-1)16-11-13-8-9-14-5-3-4-10-21(14)19(13)12-18(16)20-17/h1-8,10-12,20H. The maximum atomic E-state index is 3.51. The van der Waals surface area contributed by atoms with Gasteiger partial charge >= 0.3 is 0 Å². The Morgan fingerprint density at radius 1 is 0.952 bits per heavy atom. The van der Waals surface area contributed by atoms with Crippen LogP contribution in [0.4, 0.5) is 5.69 Å². The zero-order valence-electron chi connectivity index (χ0n) is 11.3. The summed E-state index contributed by atoms with van der Waals surface area (Å²) in [5.41, 5.74) is 9.19. The molecule has 0 radical (unpaired) electrons. The van der Waals surface area contributed by atoms with Crippen LogP contribution in [0.3, 0.4) is 0 Å². The predicted octanol–water partition coefficient (Wildman–Crippen LogP) is 4.72. The van der Waals surface area contributed by atoms with Crippen LogP contribution >= 0.6 is 0 Å². The van der Waals surface area contributed by atoms with E-state index in [1.807, 2.05) is 6.08 Å². The van der Waals surface area contributed by atoms with Gasteiger partial charge < -0.3 is 9.88 Å². The van der Waals surface area contributed by atoms with Gasteiger partial charge in [-0.3, -0.25) is 0 Å². The molecule has 0 atom stereocenters. The molecule has 0 unspecified atom stereocenters. The van der Waals surface area contributed by atoms with E-state index >= 15 is 0 Å². The third-order valence-electron chi connectivity index (χ3n) is 4.15. The van der Waals surface area contributed by atoms with E-state index in [-0.39, 0.29) is 0 Å². The van der Waals surface area contributed by atoms with E-state index in [1.165, 1.54) is 33.1 Å². The number of rotatable bonds is 0. The normalized spacial score (nSPS) is 15.4. The zero-order valence-corrected chi connectivity index (χ0v) is 11.3. The summed E-state index contributed by atoms with van der Waals surface area (Å²) in [6.07, 6.45) is 10.3. The molecule has 0 amide bonds. The molecule has 0 bridgehead atoms. The molecule has 2 aliphatic heterocycles. The Balaban J connectivity index is 1.87. The largest absolute Gasteiger partial charge is 0.354 e. The molecule has 98 valence electrons. The summed E-state index contributed by atoms with van der Waals surface area (Å²) in [4.78, 5) is 5.69. The third kappa shape index (κ3) is 1.42. The van der Waals surface area contributed by atoms with Crippen LogP contribution in [0.25, 0.3) is 27.9 Å². The van der Waals surface area contributed by atoms with Crippen molar-refractivity contribution in [2.24, 2.45) is 0 Å². The lowest BCUT2D eigenvalue weighted by Gasteiger charge is -2.26. The molecule has 1 aromatic heterocycles. The molecule has 3 heterocycles. The topological polar surface area (TPSA) is 19.0 Å². The van der Waals surface area contributed by atoms with Gasteiger partial charge in [0.25, 0.3) is 0 Å². The number of nitrogens with one attached hydrogen (secondary N) is 1. The molecule has 0 aliphatic carbocycles. The minimum Gasteiger partial charge on any atom is -0.354 e. The van der Waals surface area contributed by atoms with Gasteiger partial charge in [-0.05, 0) is 36.4 Å². The molecule has 0 saturated carbocycles. The second-order valence-corrected chi connectivity index (χ2v) is 5.37. The molecule has 0 saturated heterocycles. The molecular weight excluding hydrogens is 256 g/mol. The molecule has 0 spiro atoms. The van der Waals surface area contributed by atoms with Crippen molar-refractivity contribution < 1.29 is 0 Å². The number of aromatic amines is 1. The lowest BCUT2D eigenvalue weighted by Crippen LogP contribution is -2.17. The van der Waals surface area contributed by atoms with Crippen LogP contribution in [0.2, 0.25) is 0 Å². The number of aromatic nitrogens is 1. The van der Waals surface area contributed by atoms with Crippen molar-refractivity contribution in [3.05, 3.63) is 77.8 Å². The summed E-state index contributed by atoms with van der Waals surface area (Å²) in [5.74, 6) is 0. The van der Waals surface area contributed by atoms with E-state index in [0.29, 0.717) is 0 Å². The summed E-state index contributed by atoms with van der Waals surface area (Å²) >= 11 is 0. The number of hydrogen-bond donors (Lipinski definition) is 1. The van der Waals surface area contributed by atoms with Gasteiger partial charge in [0.2, 0.25) is 0 Å². The molecule has 2 nitrogen and oxygen atoms in total. The Morgan fingerprint density at radius 2 is 1.90 bits per heavy atom. The van der Waals surface area contributed by atoms with E-state index in [4.69, 9.17) is 0 Å². The van der Waals surface area contributed by atoms with Crippen LogP contribution in [-0.4, -0.2) is 4.98 Å². The quantitative estimate of drug-likeness (QED) is 0.584. The fourth-order valence-electron chi connectivity index (χ4n) is 3.15. The van der Waals surface area contributed by atoms with Crippen molar-refractivity contribution in [1.82, 2.24) is 4.98 Å². The summed E-state index contributed by atoms with van der Waals surface area (Å²) < 4.78 is 0. The molecular formula is C19H12N2. The monoisotopic (exact) mass is 268 g/mol. The molecule has 2 aliphatic rings. The van der Waals surface area contributed by atoms with Crippen LogP contribution in [-0.2, 0) is 0 Å². The van der Waals surface area contributed by atoms with Gasteiger partial charge in [0, 0.05) is 33.6 Å². The third-order valence-corrected chi connectivity index (χ3v) is 4.15. The van der Waals surface area contributed by atoms with E-state index in [1.54, 1.807) is 0 Å². The van der Waals surface area contributed by atoms with Gasteiger partial charge in [-0.25, -0.2) is 0 Å². The molecule has 21 heavy (non-hydrogen) atoms. The molecule has 3 aromatic rings. The number of benzene rings is 2. The lowest BCUT2D eigenvalue weighted by atomic mass is 10.0. The number of fused-ring (bicyclic) bond motifs is 6. The van der Waals surface area contributed by atoms with Crippen LogP contribution in [0.5, 0.6) is 0 Å². The number of para-hydroxylation sites is 1. The average molecular weight is 268 g/mol. The fourth-order valence-corrected chi connectivity index (χ4v) is 3.15. The summed E-state index contributed by atoms with van der Waals surface area (Å²) in [5, 5.41) is 2.54. The Kier molecular flexibility index (Phi) is 1.94. The highest BCUT2D eigenvalue weighted by molar-refractivity contribution is 6.09. The van der Waals surface area contributed by atoms with Gasteiger partial charge in [-0.1, -0.05) is 30.0 Å². The number of anilines is 1. The molecule has 2 heteroatoms. The number of hydrogen-bond acceptors (Lipinski definition) is 1. The number of nitrogens with zero attached hydrogens (tertiary/aromatic N) is 1. The van der Waals surface area contributed by atoms with Gasteiger partial charge in [0.1, 0.15) is 0 Å². The molecule has 5 rings (SSSR count).